The maximum atomic E-state index is 11.1. The SMILES string of the molecule is C[C](C)C(N)(C(=O)O)c1ccccc1. The number of hydrogen-bond donors (Lipinski definition) is 2. The van der Waals surface area contributed by atoms with Gasteiger partial charge in [-0.15, -0.1) is 0 Å². The smallest absolute Gasteiger partial charge is 0.328 e. The number of hydrogen-bond acceptors (Lipinski definition) is 2. The van der Waals surface area contributed by atoms with E-state index in [4.69, 9.17) is 10.8 Å². The van der Waals surface area contributed by atoms with Crippen LogP contribution in [0.15, 0.2) is 30.3 Å². The normalized spacial score (nSPS) is 15.1. The number of nitrogens with two attached hydrogens (primary N) is 1. The molecule has 0 saturated heterocycles. The van der Waals surface area contributed by atoms with E-state index in [1.54, 1.807) is 38.1 Å². The van der Waals surface area contributed by atoms with Crippen LogP contribution in [0.2, 0.25) is 0 Å². The first kappa shape index (κ1) is 10.7. The molecule has 0 heterocycles. The Kier molecular flexibility index (Phi) is 2.91. The van der Waals surface area contributed by atoms with Crippen LogP contribution in [0.1, 0.15) is 19.4 Å². The van der Waals surface area contributed by atoms with Gasteiger partial charge >= 0.3 is 5.97 Å². The largest absolute Gasteiger partial charge is 0.480 e. The van der Waals surface area contributed by atoms with Gasteiger partial charge in [0.05, 0.1) is 0 Å². The fourth-order valence-corrected chi connectivity index (χ4v) is 1.33. The lowest BCUT2D eigenvalue weighted by Gasteiger charge is -2.28. The van der Waals surface area contributed by atoms with E-state index in [0.29, 0.717) is 11.5 Å². The van der Waals surface area contributed by atoms with Gasteiger partial charge in [-0.2, -0.15) is 0 Å². The molecule has 0 aromatic heterocycles. The van der Waals surface area contributed by atoms with Gasteiger partial charge in [0, 0.05) is 5.92 Å². The minimum Gasteiger partial charge on any atom is -0.480 e. The molecule has 0 bridgehead atoms. The van der Waals surface area contributed by atoms with Crippen LogP contribution in [0.4, 0.5) is 0 Å². The van der Waals surface area contributed by atoms with Crippen molar-refractivity contribution in [2.24, 2.45) is 5.73 Å². The minimum atomic E-state index is -1.37. The first-order chi connectivity index (χ1) is 6.49. The number of rotatable bonds is 3. The van der Waals surface area contributed by atoms with E-state index in [1.165, 1.54) is 0 Å². The summed E-state index contributed by atoms with van der Waals surface area (Å²) in [6, 6.07) is 8.84. The Balaban J connectivity index is 3.20. The third kappa shape index (κ3) is 1.63. The van der Waals surface area contributed by atoms with Crippen molar-refractivity contribution in [3.05, 3.63) is 41.8 Å². The molecule has 1 radical (unpaired) electrons. The van der Waals surface area contributed by atoms with Gasteiger partial charge in [0.1, 0.15) is 5.54 Å². The van der Waals surface area contributed by atoms with Gasteiger partial charge < -0.3 is 10.8 Å². The van der Waals surface area contributed by atoms with Crippen LogP contribution in [0, 0.1) is 5.92 Å². The molecular weight excluding hydrogens is 178 g/mol. The molecule has 1 aromatic rings. The first-order valence-corrected chi connectivity index (χ1v) is 4.38. The number of benzene rings is 1. The summed E-state index contributed by atoms with van der Waals surface area (Å²) in [6.45, 7) is 3.45. The summed E-state index contributed by atoms with van der Waals surface area (Å²) in [6.07, 6.45) is 0. The summed E-state index contributed by atoms with van der Waals surface area (Å²) in [4.78, 5) is 11.1. The van der Waals surface area contributed by atoms with Crippen molar-refractivity contribution in [1.29, 1.82) is 0 Å². The highest BCUT2D eigenvalue weighted by atomic mass is 16.4. The number of carbonyl (C=O) groups is 1. The quantitative estimate of drug-likeness (QED) is 0.763. The molecule has 0 spiro atoms. The molecule has 0 saturated carbocycles. The molecule has 0 aliphatic heterocycles. The Morgan fingerprint density at radius 1 is 1.29 bits per heavy atom. The lowest BCUT2D eigenvalue weighted by molar-refractivity contribution is -0.142. The second-order valence-electron chi connectivity index (χ2n) is 3.48. The van der Waals surface area contributed by atoms with E-state index in [0.717, 1.165) is 0 Å². The molecule has 3 N–H and O–H groups in total. The number of carboxylic acid groups (broad SMARTS) is 1. The van der Waals surface area contributed by atoms with Crippen molar-refractivity contribution in [3.8, 4) is 0 Å². The predicted octanol–water partition coefficient (Wildman–Crippen LogP) is 1.54. The van der Waals surface area contributed by atoms with Gasteiger partial charge in [0.25, 0.3) is 0 Å². The summed E-state index contributed by atoms with van der Waals surface area (Å²) < 4.78 is 0. The maximum absolute atomic E-state index is 11.1. The van der Waals surface area contributed by atoms with Gasteiger partial charge in [-0.05, 0) is 5.56 Å². The Labute approximate surface area is 83.6 Å². The second kappa shape index (κ2) is 3.80. The van der Waals surface area contributed by atoms with Crippen molar-refractivity contribution in [3.63, 3.8) is 0 Å². The summed E-state index contributed by atoms with van der Waals surface area (Å²) in [5.74, 6) is -0.361. The first-order valence-electron chi connectivity index (χ1n) is 4.38. The highest BCUT2D eigenvalue weighted by Gasteiger charge is 2.39. The zero-order valence-electron chi connectivity index (χ0n) is 8.32. The molecule has 1 unspecified atom stereocenters. The summed E-state index contributed by atoms with van der Waals surface area (Å²) in [7, 11) is 0. The minimum absolute atomic E-state index is 0.604. The molecular formula is C11H14NO2. The second-order valence-corrected chi connectivity index (χ2v) is 3.48. The Bertz CT molecular complexity index is 321. The van der Waals surface area contributed by atoms with Crippen molar-refractivity contribution in [1.82, 2.24) is 0 Å². The van der Waals surface area contributed by atoms with Gasteiger partial charge in [0.2, 0.25) is 0 Å². The van der Waals surface area contributed by atoms with E-state index < -0.39 is 11.5 Å². The van der Waals surface area contributed by atoms with Crippen LogP contribution in [-0.4, -0.2) is 11.1 Å². The molecule has 75 valence electrons. The number of carboxylic acids is 1. The van der Waals surface area contributed by atoms with Gasteiger partial charge in [-0.1, -0.05) is 44.2 Å². The molecule has 0 aliphatic rings. The molecule has 14 heavy (non-hydrogen) atoms. The predicted molar refractivity (Wildman–Crippen MR) is 54.5 cm³/mol. The van der Waals surface area contributed by atoms with E-state index in [9.17, 15) is 4.79 Å². The lowest BCUT2D eigenvalue weighted by Crippen LogP contribution is -2.48. The van der Waals surface area contributed by atoms with Crippen LogP contribution in [0.5, 0.6) is 0 Å². The van der Waals surface area contributed by atoms with Crippen LogP contribution in [0.3, 0.4) is 0 Å². The fourth-order valence-electron chi connectivity index (χ4n) is 1.33. The summed E-state index contributed by atoms with van der Waals surface area (Å²) in [5.41, 5.74) is 5.10. The highest BCUT2D eigenvalue weighted by molar-refractivity contribution is 5.83. The van der Waals surface area contributed by atoms with Crippen molar-refractivity contribution in [2.45, 2.75) is 19.4 Å². The van der Waals surface area contributed by atoms with Crippen molar-refractivity contribution >= 4 is 5.97 Å². The third-order valence-corrected chi connectivity index (χ3v) is 2.36. The van der Waals surface area contributed by atoms with Crippen LogP contribution in [-0.2, 0) is 10.3 Å². The number of aliphatic carboxylic acids is 1. The van der Waals surface area contributed by atoms with Gasteiger partial charge in [0.15, 0.2) is 0 Å². The monoisotopic (exact) mass is 192 g/mol. The summed E-state index contributed by atoms with van der Waals surface area (Å²) >= 11 is 0. The maximum Gasteiger partial charge on any atom is 0.328 e. The third-order valence-electron chi connectivity index (χ3n) is 2.36. The van der Waals surface area contributed by atoms with Crippen molar-refractivity contribution in [2.75, 3.05) is 0 Å². The average Bonchev–Trinajstić information content (AvgIpc) is 2.17. The Morgan fingerprint density at radius 3 is 2.14 bits per heavy atom. The molecule has 3 nitrogen and oxygen atoms in total. The van der Waals surface area contributed by atoms with Gasteiger partial charge in [-0.25, -0.2) is 4.79 Å². The molecule has 1 aromatic carbocycles. The van der Waals surface area contributed by atoms with Crippen LogP contribution >= 0.6 is 0 Å². The molecule has 0 fully saturated rings. The van der Waals surface area contributed by atoms with Crippen molar-refractivity contribution < 1.29 is 9.90 Å². The van der Waals surface area contributed by atoms with E-state index in [-0.39, 0.29) is 0 Å². The highest BCUT2D eigenvalue weighted by Crippen LogP contribution is 2.28. The molecule has 0 aliphatic carbocycles. The zero-order chi connectivity index (χ0) is 10.8. The fraction of sp³-hybridized carbons (Fsp3) is 0.273. The van der Waals surface area contributed by atoms with E-state index in [2.05, 4.69) is 0 Å². The topological polar surface area (TPSA) is 63.3 Å². The molecule has 1 rings (SSSR count). The van der Waals surface area contributed by atoms with E-state index in [1.807, 2.05) is 6.07 Å². The molecule has 1 atom stereocenters. The standard InChI is InChI=1S/C11H14NO2/c1-8(2)11(12,10(13)14)9-6-4-3-5-7-9/h3-7H,12H2,1-2H3,(H,13,14). The summed E-state index contributed by atoms with van der Waals surface area (Å²) in [5, 5.41) is 9.11. The Hall–Kier alpha value is -1.35. The molecule has 0 amide bonds. The lowest BCUT2D eigenvalue weighted by atomic mass is 9.81. The van der Waals surface area contributed by atoms with E-state index >= 15 is 0 Å². The van der Waals surface area contributed by atoms with Gasteiger partial charge in [-0.3, -0.25) is 0 Å². The Morgan fingerprint density at radius 2 is 1.79 bits per heavy atom. The zero-order valence-corrected chi connectivity index (χ0v) is 8.32. The van der Waals surface area contributed by atoms with Crippen LogP contribution < -0.4 is 5.73 Å². The van der Waals surface area contributed by atoms with Crippen LogP contribution in [0.25, 0.3) is 0 Å². The molecule has 3 heteroatoms. The average molecular weight is 192 g/mol.